The van der Waals surface area contributed by atoms with Crippen LogP contribution in [0.1, 0.15) is 15.2 Å². The molecule has 3 rings (SSSR count). The zero-order chi connectivity index (χ0) is 19.2. The highest BCUT2D eigenvalue weighted by Crippen LogP contribution is 2.36. The minimum atomic E-state index is -0.703. The number of hydrogen-bond donors (Lipinski definition) is 3. The van der Waals surface area contributed by atoms with E-state index in [1.165, 1.54) is 16.2 Å². The zero-order valence-corrected chi connectivity index (χ0v) is 16.3. The quantitative estimate of drug-likeness (QED) is 0.560. The molecule has 4 N–H and O–H groups in total. The summed E-state index contributed by atoms with van der Waals surface area (Å²) >= 11 is 2.96. The second kappa shape index (κ2) is 8.70. The van der Waals surface area contributed by atoms with Crippen molar-refractivity contribution in [1.29, 1.82) is 0 Å². The van der Waals surface area contributed by atoms with Gasteiger partial charge >= 0.3 is 6.03 Å². The standard InChI is InChI=1S/C19H19N3O3S2/c1-25-13-6-4-12(5-7-13)16-11-15(18(27-16)22-19(20)24)17(23)21-9-8-14-3-2-10-26-14/h2-7,10-11H,8-9H2,1H3,(H,21,23)(H3,20,22,24). The van der Waals surface area contributed by atoms with E-state index in [0.717, 1.165) is 22.6 Å². The average molecular weight is 402 g/mol. The van der Waals surface area contributed by atoms with Gasteiger partial charge in [-0.1, -0.05) is 6.07 Å². The lowest BCUT2D eigenvalue weighted by Crippen LogP contribution is -2.27. The molecule has 0 saturated carbocycles. The Morgan fingerprint density at radius 3 is 2.59 bits per heavy atom. The molecule has 0 fully saturated rings. The van der Waals surface area contributed by atoms with Crippen molar-refractivity contribution < 1.29 is 14.3 Å². The summed E-state index contributed by atoms with van der Waals surface area (Å²) in [6.07, 6.45) is 0.761. The molecular formula is C19H19N3O3S2. The number of ether oxygens (including phenoxy) is 1. The third-order valence-electron chi connectivity index (χ3n) is 3.83. The molecule has 2 aromatic heterocycles. The largest absolute Gasteiger partial charge is 0.497 e. The number of amides is 3. The molecule has 0 aliphatic carbocycles. The molecule has 0 atom stereocenters. The van der Waals surface area contributed by atoms with E-state index in [9.17, 15) is 9.59 Å². The lowest BCUT2D eigenvalue weighted by atomic mass is 10.1. The molecule has 0 saturated heterocycles. The van der Waals surface area contributed by atoms with Crippen LogP contribution in [0.5, 0.6) is 5.75 Å². The maximum atomic E-state index is 12.6. The number of carbonyl (C=O) groups is 2. The first-order chi connectivity index (χ1) is 13.1. The molecule has 8 heteroatoms. The van der Waals surface area contributed by atoms with Gasteiger partial charge in [0.25, 0.3) is 5.91 Å². The van der Waals surface area contributed by atoms with Crippen molar-refractivity contribution in [3.63, 3.8) is 0 Å². The molecule has 0 spiro atoms. The fraction of sp³-hybridized carbons (Fsp3) is 0.158. The number of nitrogens with one attached hydrogen (secondary N) is 2. The van der Waals surface area contributed by atoms with Gasteiger partial charge in [0.15, 0.2) is 0 Å². The summed E-state index contributed by atoms with van der Waals surface area (Å²) in [6, 6.07) is 12.6. The second-order valence-electron chi connectivity index (χ2n) is 5.66. The van der Waals surface area contributed by atoms with Crippen LogP contribution in [0.3, 0.4) is 0 Å². The SMILES string of the molecule is COc1ccc(-c2cc(C(=O)NCCc3cccs3)c(NC(N)=O)s2)cc1. The van der Waals surface area contributed by atoms with E-state index in [0.29, 0.717) is 17.1 Å². The normalized spacial score (nSPS) is 10.4. The van der Waals surface area contributed by atoms with Gasteiger partial charge in [-0.05, 0) is 53.8 Å². The van der Waals surface area contributed by atoms with Crippen LogP contribution in [0.2, 0.25) is 0 Å². The number of nitrogens with two attached hydrogens (primary N) is 1. The summed E-state index contributed by atoms with van der Waals surface area (Å²) in [5.74, 6) is 0.503. The molecule has 3 aromatic rings. The second-order valence-corrected chi connectivity index (χ2v) is 7.74. The molecule has 1 aromatic carbocycles. The summed E-state index contributed by atoms with van der Waals surface area (Å²) in [5.41, 5.74) is 6.57. The van der Waals surface area contributed by atoms with Gasteiger partial charge in [-0.2, -0.15) is 0 Å². The predicted molar refractivity (Wildman–Crippen MR) is 110 cm³/mol. The van der Waals surface area contributed by atoms with E-state index in [1.807, 2.05) is 41.8 Å². The molecule has 6 nitrogen and oxygen atoms in total. The Bertz CT molecular complexity index is 918. The Kier molecular flexibility index (Phi) is 6.10. The fourth-order valence-electron chi connectivity index (χ4n) is 2.51. The Labute approximate surface area is 165 Å². The van der Waals surface area contributed by atoms with Crippen molar-refractivity contribution in [1.82, 2.24) is 5.32 Å². The molecule has 27 heavy (non-hydrogen) atoms. The van der Waals surface area contributed by atoms with Crippen LogP contribution in [0.25, 0.3) is 10.4 Å². The van der Waals surface area contributed by atoms with Gasteiger partial charge in [-0.25, -0.2) is 4.79 Å². The highest BCUT2D eigenvalue weighted by molar-refractivity contribution is 7.20. The van der Waals surface area contributed by atoms with E-state index in [1.54, 1.807) is 24.5 Å². The topological polar surface area (TPSA) is 93.4 Å². The monoisotopic (exact) mass is 401 g/mol. The Balaban J connectivity index is 1.77. The molecule has 140 valence electrons. The minimum Gasteiger partial charge on any atom is -0.497 e. The number of hydrogen-bond acceptors (Lipinski definition) is 5. The van der Waals surface area contributed by atoms with Crippen molar-refractivity contribution in [3.8, 4) is 16.2 Å². The summed E-state index contributed by atoms with van der Waals surface area (Å²) in [5, 5.41) is 7.88. The molecule has 0 aliphatic heterocycles. The van der Waals surface area contributed by atoms with E-state index in [4.69, 9.17) is 10.5 Å². The van der Waals surface area contributed by atoms with Crippen molar-refractivity contribution in [2.75, 3.05) is 19.0 Å². The maximum absolute atomic E-state index is 12.6. The Morgan fingerprint density at radius 1 is 1.19 bits per heavy atom. The first kappa shape index (κ1) is 18.9. The first-order valence-electron chi connectivity index (χ1n) is 8.22. The molecule has 0 radical (unpaired) electrons. The van der Waals surface area contributed by atoms with Crippen molar-refractivity contribution in [2.45, 2.75) is 6.42 Å². The third-order valence-corrected chi connectivity index (χ3v) is 5.86. The molecule has 0 unspecified atom stereocenters. The molecule has 0 bridgehead atoms. The third kappa shape index (κ3) is 4.87. The van der Waals surface area contributed by atoms with Gasteiger partial charge in [0.05, 0.1) is 12.7 Å². The Hall–Kier alpha value is -2.84. The van der Waals surface area contributed by atoms with Gasteiger partial charge in [-0.3, -0.25) is 10.1 Å². The van der Waals surface area contributed by atoms with Gasteiger partial charge in [0, 0.05) is 16.3 Å². The lowest BCUT2D eigenvalue weighted by Gasteiger charge is -2.05. The van der Waals surface area contributed by atoms with Gasteiger partial charge < -0.3 is 15.8 Å². The lowest BCUT2D eigenvalue weighted by molar-refractivity contribution is 0.0955. The molecular weight excluding hydrogens is 382 g/mol. The van der Waals surface area contributed by atoms with Crippen LogP contribution in [0, 0.1) is 0 Å². The fourth-order valence-corrected chi connectivity index (χ4v) is 4.28. The maximum Gasteiger partial charge on any atom is 0.317 e. The van der Waals surface area contributed by atoms with Crippen LogP contribution in [-0.2, 0) is 6.42 Å². The van der Waals surface area contributed by atoms with Crippen LogP contribution in [-0.4, -0.2) is 25.6 Å². The van der Waals surface area contributed by atoms with Crippen LogP contribution < -0.4 is 21.1 Å². The number of rotatable bonds is 7. The highest BCUT2D eigenvalue weighted by Gasteiger charge is 2.18. The molecule has 2 heterocycles. The summed E-state index contributed by atoms with van der Waals surface area (Å²) in [7, 11) is 1.60. The number of anilines is 1. The number of benzene rings is 1. The van der Waals surface area contributed by atoms with Crippen molar-refractivity contribution in [3.05, 3.63) is 58.3 Å². The number of primary amides is 1. The smallest absolute Gasteiger partial charge is 0.317 e. The first-order valence-corrected chi connectivity index (χ1v) is 9.91. The van der Waals surface area contributed by atoms with Gasteiger partial charge in [0.1, 0.15) is 10.8 Å². The molecule has 3 amide bonds. The number of methoxy groups -OCH3 is 1. The summed E-state index contributed by atoms with van der Waals surface area (Å²) < 4.78 is 5.17. The van der Waals surface area contributed by atoms with Gasteiger partial charge in [0.2, 0.25) is 0 Å². The predicted octanol–water partition coefficient (Wildman–Crippen LogP) is 3.95. The minimum absolute atomic E-state index is 0.244. The van der Waals surface area contributed by atoms with E-state index < -0.39 is 6.03 Å². The van der Waals surface area contributed by atoms with E-state index in [-0.39, 0.29) is 5.91 Å². The highest BCUT2D eigenvalue weighted by atomic mass is 32.1. The Morgan fingerprint density at radius 2 is 1.96 bits per heavy atom. The van der Waals surface area contributed by atoms with Crippen molar-refractivity contribution >= 4 is 39.6 Å². The zero-order valence-electron chi connectivity index (χ0n) is 14.7. The van der Waals surface area contributed by atoms with E-state index in [2.05, 4.69) is 10.6 Å². The van der Waals surface area contributed by atoms with Crippen LogP contribution in [0.15, 0.2) is 47.8 Å². The molecule has 0 aliphatic rings. The van der Waals surface area contributed by atoms with E-state index >= 15 is 0 Å². The average Bonchev–Trinajstić information content (AvgIpc) is 3.31. The van der Waals surface area contributed by atoms with Crippen LogP contribution in [0.4, 0.5) is 9.80 Å². The van der Waals surface area contributed by atoms with Gasteiger partial charge in [-0.15, -0.1) is 22.7 Å². The number of carbonyl (C=O) groups excluding carboxylic acids is 2. The summed E-state index contributed by atoms with van der Waals surface area (Å²) in [6.45, 7) is 0.517. The number of thiophene rings is 2. The van der Waals surface area contributed by atoms with Crippen molar-refractivity contribution in [2.24, 2.45) is 5.73 Å². The van der Waals surface area contributed by atoms with Crippen LogP contribution >= 0.6 is 22.7 Å². The summed E-state index contributed by atoms with van der Waals surface area (Å²) in [4.78, 5) is 26.0. The number of urea groups is 1.